The Labute approximate surface area is 127 Å². The highest BCUT2D eigenvalue weighted by Gasteiger charge is 2.35. The van der Waals surface area contributed by atoms with Gasteiger partial charge in [-0.15, -0.1) is 0 Å². The first-order valence-electron chi connectivity index (χ1n) is 8.21. The van der Waals surface area contributed by atoms with E-state index in [4.69, 9.17) is 0 Å². The first-order valence-corrected chi connectivity index (χ1v) is 8.21. The van der Waals surface area contributed by atoms with Gasteiger partial charge in [0.1, 0.15) is 0 Å². The summed E-state index contributed by atoms with van der Waals surface area (Å²) in [5.74, 6) is 2.21. The van der Waals surface area contributed by atoms with E-state index < -0.39 is 0 Å². The molecule has 114 valence electrons. The van der Waals surface area contributed by atoms with Crippen LogP contribution in [0.3, 0.4) is 0 Å². The minimum atomic E-state index is 0.173. The van der Waals surface area contributed by atoms with Crippen molar-refractivity contribution in [2.75, 3.05) is 26.2 Å². The highest BCUT2D eigenvalue weighted by atomic mass is 16.2. The van der Waals surface area contributed by atoms with Crippen molar-refractivity contribution in [1.82, 2.24) is 10.2 Å². The van der Waals surface area contributed by atoms with Crippen molar-refractivity contribution < 1.29 is 4.79 Å². The number of piperidine rings is 1. The fourth-order valence-corrected chi connectivity index (χ4v) is 3.70. The van der Waals surface area contributed by atoms with E-state index >= 15 is 0 Å². The lowest BCUT2D eigenvalue weighted by Crippen LogP contribution is -2.52. The second-order valence-electron chi connectivity index (χ2n) is 6.77. The summed E-state index contributed by atoms with van der Waals surface area (Å²) >= 11 is 0. The Morgan fingerprint density at radius 2 is 2.00 bits per heavy atom. The molecule has 3 atom stereocenters. The van der Waals surface area contributed by atoms with E-state index in [1.165, 1.54) is 5.56 Å². The van der Waals surface area contributed by atoms with Crippen molar-refractivity contribution in [3.05, 3.63) is 35.9 Å². The molecule has 1 aromatic carbocycles. The van der Waals surface area contributed by atoms with Gasteiger partial charge in [0, 0.05) is 19.0 Å². The predicted octanol–water partition coefficient (Wildman–Crippen LogP) is 2.49. The number of rotatable bonds is 3. The molecule has 1 aromatic rings. The SMILES string of the molecule is CC1CN(C(=O)C(C)C2CNC2)CCC1c1ccccc1. The molecule has 0 saturated carbocycles. The first-order chi connectivity index (χ1) is 10.2. The molecular weight excluding hydrogens is 260 g/mol. The fraction of sp³-hybridized carbons (Fsp3) is 0.611. The van der Waals surface area contributed by atoms with E-state index in [9.17, 15) is 4.79 Å². The van der Waals surface area contributed by atoms with Gasteiger partial charge in [-0.25, -0.2) is 0 Å². The minimum absolute atomic E-state index is 0.173. The Kier molecular flexibility index (Phi) is 4.29. The highest BCUT2D eigenvalue weighted by molar-refractivity contribution is 5.79. The molecule has 0 bridgehead atoms. The fourth-order valence-electron chi connectivity index (χ4n) is 3.70. The van der Waals surface area contributed by atoms with Gasteiger partial charge in [0.25, 0.3) is 0 Å². The number of hydrogen-bond acceptors (Lipinski definition) is 2. The molecule has 2 fully saturated rings. The van der Waals surface area contributed by atoms with Gasteiger partial charge >= 0.3 is 0 Å². The number of amides is 1. The van der Waals surface area contributed by atoms with Crippen molar-refractivity contribution in [3.63, 3.8) is 0 Å². The molecule has 0 aliphatic carbocycles. The lowest BCUT2D eigenvalue weighted by atomic mass is 9.80. The summed E-state index contributed by atoms with van der Waals surface area (Å²) in [6, 6.07) is 10.8. The molecule has 2 aliphatic heterocycles. The number of nitrogens with zero attached hydrogens (tertiary/aromatic N) is 1. The summed E-state index contributed by atoms with van der Waals surface area (Å²) in [5.41, 5.74) is 1.42. The maximum Gasteiger partial charge on any atom is 0.225 e. The van der Waals surface area contributed by atoms with Gasteiger partial charge in [-0.2, -0.15) is 0 Å². The number of carbonyl (C=O) groups excluding carboxylic acids is 1. The zero-order valence-electron chi connectivity index (χ0n) is 13.1. The molecule has 0 spiro atoms. The average Bonchev–Trinajstić information content (AvgIpc) is 2.45. The first kappa shape index (κ1) is 14.6. The number of likely N-dealkylation sites (tertiary alicyclic amines) is 1. The standard InChI is InChI=1S/C18H26N2O/c1-13-12-20(18(21)14(2)16-10-19-11-16)9-8-17(13)15-6-4-3-5-7-15/h3-7,13-14,16-17,19H,8-12H2,1-2H3. The summed E-state index contributed by atoms with van der Waals surface area (Å²) in [6.45, 7) is 8.20. The minimum Gasteiger partial charge on any atom is -0.342 e. The van der Waals surface area contributed by atoms with Crippen LogP contribution in [0.5, 0.6) is 0 Å². The van der Waals surface area contributed by atoms with Crippen LogP contribution in [0.15, 0.2) is 30.3 Å². The molecule has 2 heterocycles. The number of nitrogens with one attached hydrogen (secondary N) is 1. The van der Waals surface area contributed by atoms with E-state index in [0.717, 1.165) is 32.6 Å². The van der Waals surface area contributed by atoms with E-state index in [0.29, 0.717) is 23.7 Å². The van der Waals surface area contributed by atoms with Gasteiger partial charge in [0.15, 0.2) is 0 Å². The predicted molar refractivity (Wildman–Crippen MR) is 85.1 cm³/mol. The lowest BCUT2D eigenvalue weighted by molar-refractivity contribution is -0.139. The van der Waals surface area contributed by atoms with Crippen LogP contribution in [-0.2, 0) is 4.79 Å². The third-order valence-corrected chi connectivity index (χ3v) is 5.35. The third kappa shape index (κ3) is 2.98. The topological polar surface area (TPSA) is 32.3 Å². The molecule has 1 amide bonds. The molecule has 0 radical (unpaired) electrons. The smallest absolute Gasteiger partial charge is 0.225 e. The molecule has 2 saturated heterocycles. The van der Waals surface area contributed by atoms with Gasteiger partial charge < -0.3 is 10.2 Å². The van der Waals surface area contributed by atoms with E-state index in [-0.39, 0.29) is 5.92 Å². The van der Waals surface area contributed by atoms with Gasteiger partial charge in [0.05, 0.1) is 0 Å². The Bertz CT molecular complexity index is 483. The number of hydrogen-bond donors (Lipinski definition) is 1. The molecule has 21 heavy (non-hydrogen) atoms. The molecular formula is C18H26N2O. The van der Waals surface area contributed by atoms with Crippen LogP contribution in [0.4, 0.5) is 0 Å². The second-order valence-corrected chi connectivity index (χ2v) is 6.77. The monoisotopic (exact) mass is 286 g/mol. The van der Waals surface area contributed by atoms with E-state index in [1.54, 1.807) is 0 Å². The van der Waals surface area contributed by atoms with Crippen LogP contribution < -0.4 is 5.32 Å². The summed E-state index contributed by atoms with van der Waals surface area (Å²) in [7, 11) is 0. The van der Waals surface area contributed by atoms with Crippen LogP contribution in [0.25, 0.3) is 0 Å². The Hall–Kier alpha value is -1.35. The van der Waals surface area contributed by atoms with Crippen LogP contribution in [0.2, 0.25) is 0 Å². The van der Waals surface area contributed by atoms with Crippen LogP contribution in [0, 0.1) is 17.8 Å². The highest BCUT2D eigenvalue weighted by Crippen LogP contribution is 2.33. The normalized spacial score (nSPS) is 28.0. The molecule has 3 heteroatoms. The molecule has 2 aliphatic rings. The summed E-state index contributed by atoms with van der Waals surface area (Å²) in [6.07, 6.45) is 1.09. The summed E-state index contributed by atoms with van der Waals surface area (Å²) in [4.78, 5) is 14.7. The van der Waals surface area contributed by atoms with E-state index in [1.807, 2.05) is 0 Å². The maximum absolute atomic E-state index is 12.6. The van der Waals surface area contributed by atoms with Gasteiger partial charge in [-0.05, 0) is 42.8 Å². The van der Waals surface area contributed by atoms with Gasteiger partial charge in [-0.1, -0.05) is 44.2 Å². The molecule has 1 N–H and O–H groups in total. The van der Waals surface area contributed by atoms with Gasteiger partial charge in [0.2, 0.25) is 5.91 Å². The van der Waals surface area contributed by atoms with Crippen molar-refractivity contribution >= 4 is 5.91 Å². The largest absolute Gasteiger partial charge is 0.342 e. The van der Waals surface area contributed by atoms with Crippen molar-refractivity contribution in [3.8, 4) is 0 Å². The molecule has 0 aromatic heterocycles. The quantitative estimate of drug-likeness (QED) is 0.926. The van der Waals surface area contributed by atoms with Crippen LogP contribution >= 0.6 is 0 Å². The van der Waals surface area contributed by atoms with Crippen LogP contribution in [0.1, 0.15) is 31.7 Å². The van der Waals surface area contributed by atoms with Crippen molar-refractivity contribution in [2.24, 2.45) is 17.8 Å². The molecule has 3 rings (SSSR count). The number of carbonyl (C=O) groups is 1. The lowest BCUT2D eigenvalue weighted by Gasteiger charge is -2.40. The third-order valence-electron chi connectivity index (χ3n) is 5.35. The second kappa shape index (κ2) is 6.18. The summed E-state index contributed by atoms with van der Waals surface area (Å²) in [5, 5.41) is 3.27. The zero-order valence-corrected chi connectivity index (χ0v) is 13.1. The zero-order chi connectivity index (χ0) is 14.8. The van der Waals surface area contributed by atoms with Crippen LogP contribution in [-0.4, -0.2) is 37.0 Å². The Balaban J connectivity index is 1.61. The van der Waals surface area contributed by atoms with Gasteiger partial charge in [-0.3, -0.25) is 4.79 Å². The maximum atomic E-state index is 12.6. The molecule has 3 unspecified atom stereocenters. The van der Waals surface area contributed by atoms with Crippen molar-refractivity contribution in [1.29, 1.82) is 0 Å². The number of benzene rings is 1. The summed E-state index contributed by atoms with van der Waals surface area (Å²) < 4.78 is 0. The Morgan fingerprint density at radius 3 is 2.57 bits per heavy atom. The van der Waals surface area contributed by atoms with Crippen molar-refractivity contribution in [2.45, 2.75) is 26.2 Å². The average molecular weight is 286 g/mol. The Morgan fingerprint density at radius 1 is 1.29 bits per heavy atom. The van der Waals surface area contributed by atoms with E-state index in [2.05, 4.69) is 54.4 Å². The molecule has 3 nitrogen and oxygen atoms in total.